The van der Waals surface area contributed by atoms with Gasteiger partial charge in [-0.2, -0.15) is 0 Å². The number of ether oxygens (including phenoxy) is 3. The molecule has 12 heteroatoms. The molecule has 43 heavy (non-hydrogen) atoms. The third kappa shape index (κ3) is 5.61. The van der Waals surface area contributed by atoms with Gasteiger partial charge in [-0.1, -0.05) is 17.4 Å². The van der Waals surface area contributed by atoms with Gasteiger partial charge in [0.25, 0.3) is 11.2 Å². The molecule has 2 aromatic carbocycles. The molecule has 0 fully saturated rings. The molecule has 0 N–H and O–H groups in total. The molecule has 0 aliphatic carbocycles. The number of nitro benzene ring substituents is 1. The minimum Gasteiger partial charge on any atom is -0.490 e. The zero-order chi connectivity index (χ0) is 30.8. The Labute approximate surface area is 250 Å². The molecule has 1 aliphatic rings. The van der Waals surface area contributed by atoms with Crippen LogP contribution in [0.5, 0.6) is 11.5 Å². The molecule has 5 rings (SSSR count). The minimum absolute atomic E-state index is 0.00412. The number of esters is 1. The SMILES string of the molecule is CCOc1ccc([C@H]2C(C(=O)OC)=CN=c3s/c(=C/c4ccc(-c5cc(C)c(C)c([N+](=O)[O-])c5)o4)c(=O)n32)cc1OCC. The highest BCUT2D eigenvalue weighted by Gasteiger charge is 2.31. The van der Waals surface area contributed by atoms with E-state index in [9.17, 15) is 19.7 Å². The largest absolute Gasteiger partial charge is 0.490 e. The van der Waals surface area contributed by atoms with Crippen molar-refractivity contribution in [3.05, 3.63) is 106 Å². The van der Waals surface area contributed by atoms with Crippen LogP contribution in [0, 0.1) is 24.0 Å². The van der Waals surface area contributed by atoms with Crippen LogP contribution in [0.3, 0.4) is 0 Å². The smallest absolute Gasteiger partial charge is 0.337 e. The molecule has 0 unspecified atom stereocenters. The van der Waals surface area contributed by atoms with Crippen LogP contribution in [0.2, 0.25) is 0 Å². The molecule has 0 radical (unpaired) electrons. The molecular weight excluding hydrogens is 574 g/mol. The summed E-state index contributed by atoms with van der Waals surface area (Å²) in [6, 6.07) is 11.1. The fourth-order valence-corrected chi connectivity index (χ4v) is 5.82. The topological polar surface area (TPSA) is 135 Å². The highest BCUT2D eigenvalue weighted by Crippen LogP contribution is 2.35. The van der Waals surface area contributed by atoms with E-state index in [0.717, 1.165) is 16.9 Å². The van der Waals surface area contributed by atoms with E-state index < -0.39 is 16.9 Å². The number of aryl methyl sites for hydroxylation is 1. The second-order valence-electron chi connectivity index (χ2n) is 9.64. The lowest BCUT2D eigenvalue weighted by Crippen LogP contribution is -2.39. The predicted molar refractivity (Wildman–Crippen MR) is 160 cm³/mol. The van der Waals surface area contributed by atoms with Crippen LogP contribution in [-0.4, -0.2) is 35.8 Å². The van der Waals surface area contributed by atoms with E-state index >= 15 is 0 Å². The van der Waals surface area contributed by atoms with Crippen molar-refractivity contribution in [3.63, 3.8) is 0 Å². The molecule has 0 amide bonds. The van der Waals surface area contributed by atoms with E-state index in [1.807, 2.05) is 19.9 Å². The Morgan fingerprint density at radius 3 is 2.56 bits per heavy atom. The third-order valence-corrected chi connectivity index (χ3v) is 8.03. The van der Waals surface area contributed by atoms with Gasteiger partial charge in [0.05, 0.1) is 41.4 Å². The van der Waals surface area contributed by atoms with Gasteiger partial charge >= 0.3 is 5.97 Å². The number of aromatic nitrogens is 1. The van der Waals surface area contributed by atoms with Gasteiger partial charge in [-0.3, -0.25) is 19.5 Å². The van der Waals surface area contributed by atoms with Crippen molar-refractivity contribution in [3.8, 4) is 22.8 Å². The van der Waals surface area contributed by atoms with E-state index in [-0.39, 0.29) is 16.8 Å². The highest BCUT2D eigenvalue weighted by atomic mass is 32.1. The van der Waals surface area contributed by atoms with Crippen LogP contribution in [0.4, 0.5) is 5.69 Å². The Hall–Kier alpha value is -4.97. The van der Waals surface area contributed by atoms with Crippen LogP contribution < -0.4 is 24.4 Å². The van der Waals surface area contributed by atoms with Gasteiger partial charge in [0.15, 0.2) is 16.3 Å². The maximum Gasteiger partial charge on any atom is 0.337 e. The Balaban J connectivity index is 1.60. The van der Waals surface area contributed by atoms with Crippen molar-refractivity contribution >= 4 is 29.1 Å². The van der Waals surface area contributed by atoms with Gasteiger partial charge in [0.2, 0.25) is 0 Å². The Morgan fingerprint density at radius 1 is 1.12 bits per heavy atom. The number of rotatable bonds is 9. The highest BCUT2D eigenvalue weighted by molar-refractivity contribution is 7.07. The fraction of sp³-hybridized carbons (Fsp3) is 0.258. The number of nitrogens with zero attached hydrogens (tertiary/aromatic N) is 3. The van der Waals surface area contributed by atoms with Gasteiger partial charge in [0, 0.05) is 29.5 Å². The number of nitro groups is 1. The Morgan fingerprint density at radius 2 is 1.86 bits per heavy atom. The zero-order valence-electron chi connectivity index (χ0n) is 24.2. The number of benzene rings is 2. The molecule has 1 aliphatic heterocycles. The van der Waals surface area contributed by atoms with Crippen LogP contribution in [0.25, 0.3) is 17.4 Å². The minimum atomic E-state index is -0.830. The summed E-state index contributed by atoms with van der Waals surface area (Å²) < 4.78 is 24.3. The second kappa shape index (κ2) is 12.1. The quantitative estimate of drug-likeness (QED) is 0.154. The van der Waals surface area contributed by atoms with Gasteiger partial charge < -0.3 is 18.6 Å². The molecule has 3 heterocycles. The number of carbonyl (C=O) groups is 1. The number of thiazole rings is 1. The average Bonchev–Trinajstić information content (AvgIpc) is 3.59. The first-order valence-electron chi connectivity index (χ1n) is 13.5. The molecule has 4 aromatic rings. The monoisotopic (exact) mass is 603 g/mol. The molecule has 1 atom stereocenters. The Bertz CT molecular complexity index is 1950. The number of methoxy groups -OCH3 is 1. The number of hydrogen-bond donors (Lipinski definition) is 0. The van der Waals surface area contributed by atoms with Gasteiger partial charge in [-0.15, -0.1) is 0 Å². The Kier molecular flexibility index (Phi) is 8.31. The molecule has 0 bridgehead atoms. The van der Waals surface area contributed by atoms with Crippen molar-refractivity contribution in [2.75, 3.05) is 20.3 Å². The van der Waals surface area contributed by atoms with E-state index in [1.165, 1.54) is 23.9 Å². The standard InChI is InChI=1S/C31H29N3O8S/c1-6-40-25-10-8-19(14-26(25)41-7-2)28-22(30(36)39-5)16-32-31-33(28)29(35)27(43-31)15-21-9-11-24(42-21)20-12-17(3)18(4)23(13-20)34(37)38/h8-16,28H,6-7H2,1-5H3/b27-15+/t28-/m0/s1. The summed E-state index contributed by atoms with van der Waals surface area (Å²) >= 11 is 1.14. The normalized spacial score (nSPS) is 14.5. The molecule has 11 nitrogen and oxygen atoms in total. The zero-order valence-corrected chi connectivity index (χ0v) is 25.0. The number of fused-ring (bicyclic) bond motifs is 1. The van der Waals surface area contributed by atoms with E-state index in [4.69, 9.17) is 18.6 Å². The van der Waals surface area contributed by atoms with E-state index in [1.54, 1.807) is 50.3 Å². The van der Waals surface area contributed by atoms with Crippen LogP contribution in [0.15, 0.2) is 68.4 Å². The first-order chi connectivity index (χ1) is 20.7. The lowest BCUT2D eigenvalue weighted by Gasteiger charge is -2.23. The molecular formula is C31H29N3O8S. The van der Waals surface area contributed by atoms with Crippen molar-refractivity contribution in [1.29, 1.82) is 0 Å². The number of hydrogen-bond acceptors (Lipinski definition) is 10. The summed E-state index contributed by atoms with van der Waals surface area (Å²) in [5.74, 6) is 1.22. The summed E-state index contributed by atoms with van der Waals surface area (Å²) in [5.41, 5.74) is 2.33. The van der Waals surface area contributed by atoms with Gasteiger partial charge in [-0.25, -0.2) is 9.79 Å². The first kappa shape index (κ1) is 29.5. The molecule has 0 spiro atoms. The summed E-state index contributed by atoms with van der Waals surface area (Å²) in [5, 5.41) is 11.5. The molecule has 222 valence electrons. The van der Waals surface area contributed by atoms with Crippen LogP contribution in [0.1, 0.15) is 42.3 Å². The van der Waals surface area contributed by atoms with E-state index in [0.29, 0.717) is 62.3 Å². The van der Waals surface area contributed by atoms with Gasteiger partial charge in [-0.05, 0) is 69.2 Å². The lowest BCUT2D eigenvalue weighted by atomic mass is 9.97. The van der Waals surface area contributed by atoms with Crippen molar-refractivity contribution in [2.24, 2.45) is 4.99 Å². The van der Waals surface area contributed by atoms with Crippen LogP contribution >= 0.6 is 11.3 Å². The number of furan rings is 1. The first-order valence-corrected chi connectivity index (χ1v) is 14.3. The van der Waals surface area contributed by atoms with Crippen molar-refractivity contribution < 1.29 is 28.3 Å². The fourth-order valence-electron chi connectivity index (χ4n) is 4.87. The van der Waals surface area contributed by atoms with Crippen molar-refractivity contribution in [2.45, 2.75) is 33.7 Å². The molecule has 2 aromatic heterocycles. The maximum atomic E-state index is 13.8. The number of carbonyl (C=O) groups excluding carboxylic acids is 1. The molecule has 0 saturated heterocycles. The summed E-state index contributed by atoms with van der Waals surface area (Å²) in [7, 11) is 1.27. The van der Waals surface area contributed by atoms with E-state index in [2.05, 4.69) is 4.99 Å². The average molecular weight is 604 g/mol. The molecule has 0 saturated carbocycles. The summed E-state index contributed by atoms with van der Waals surface area (Å²) in [6.45, 7) is 8.06. The second-order valence-corrected chi connectivity index (χ2v) is 10.7. The van der Waals surface area contributed by atoms with Gasteiger partial charge in [0.1, 0.15) is 11.5 Å². The lowest BCUT2D eigenvalue weighted by molar-refractivity contribution is -0.385. The predicted octanol–water partition coefficient (Wildman–Crippen LogP) is 4.60. The van der Waals surface area contributed by atoms with Crippen LogP contribution in [-0.2, 0) is 9.53 Å². The van der Waals surface area contributed by atoms with Crippen molar-refractivity contribution in [1.82, 2.24) is 4.57 Å². The summed E-state index contributed by atoms with van der Waals surface area (Å²) in [6.07, 6.45) is 3.01. The third-order valence-electron chi connectivity index (χ3n) is 7.03. The summed E-state index contributed by atoms with van der Waals surface area (Å²) in [4.78, 5) is 42.5. The maximum absolute atomic E-state index is 13.8.